The van der Waals surface area contributed by atoms with Crippen molar-refractivity contribution in [1.82, 2.24) is 10.3 Å². The Kier molecular flexibility index (Phi) is 4.79. The minimum Gasteiger partial charge on any atom is -0.353 e. The van der Waals surface area contributed by atoms with Gasteiger partial charge in [0, 0.05) is 24.8 Å². The molecule has 0 aromatic carbocycles. The van der Waals surface area contributed by atoms with E-state index in [9.17, 15) is 0 Å². The summed E-state index contributed by atoms with van der Waals surface area (Å²) < 4.78 is 0. The van der Waals surface area contributed by atoms with Gasteiger partial charge < -0.3 is 10.2 Å². The first kappa shape index (κ1) is 14.8. The van der Waals surface area contributed by atoms with Gasteiger partial charge in [0.1, 0.15) is 5.82 Å². The molecule has 0 spiro atoms. The van der Waals surface area contributed by atoms with Crippen molar-refractivity contribution < 1.29 is 0 Å². The van der Waals surface area contributed by atoms with Crippen LogP contribution >= 0.6 is 0 Å². The van der Waals surface area contributed by atoms with Crippen molar-refractivity contribution in [3.05, 3.63) is 23.4 Å². The fourth-order valence-electron chi connectivity index (χ4n) is 4.15. The third kappa shape index (κ3) is 3.39. The summed E-state index contributed by atoms with van der Waals surface area (Å²) in [6, 6.07) is 5.27. The topological polar surface area (TPSA) is 28.2 Å². The number of fused-ring (bicyclic) bond motifs is 1. The molecule has 1 saturated carbocycles. The normalized spacial score (nSPS) is 25.7. The molecule has 21 heavy (non-hydrogen) atoms. The number of rotatable bonds is 4. The fraction of sp³-hybridized carbons (Fsp3) is 0.722. The molecule has 0 radical (unpaired) electrons. The second kappa shape index (κ2) is 6.78. The summed E-state index contributed by atoms with van der Waals surface area (Å²) in [7, 11) is 0. The van der Waals surface area contributed by atoms with Gasteiger partial charge in [-0.05, 0) is 62.8 Å². The van der Waals surface area contributed by atoms with Crippen LogP contribution in [0.2, 0.25) is 0 Å². The Hall–Kier alpha value is -1.09. The summed E-state index contributed by atoms with van der Waals surface area (Å²) in [6.45, 7) is 7.45. The van der Waals surface area contributed by atoms with Crippen LogP contribution in [0.1, 0.15) is 56.7 Å². The molecular weight excluding hydrogens is 258 g/mol. The zero-order valence-electron chi connectivity index (χ0n) is 13.6. The zero-order valence-corrected chi connectivity index (χ0v) is 13.6. The predicted octanol–water partition coefficient (Wildman–Crippen LogP) is 3.66. The number of nitrogens with one attached hydrogen (secondary N) is 1. The van der Waals surface area contributed by atoms with Crippen LogP contribution in [-0.2, 0) is 6.54 Å². The highest BCUT2D eigenvalue weighted by Crippen LogP contribution is 2.37. The lowest BCUT2D eigenvalue weighted by molar-refractivity contribution is 0.242. The van der Waals surface area contributed by atoms with Crippen LogP contribution in [0.3, 0.4) is 0 Å². The quantitative estimate of drug-likeness (QED) is 0.916. The highest BCUT2D eigenvalue weighted by Gasteiger charge is 2.33. The van der Waals surface area contributed by atoms with Crippen LogP contribution in [0.5, 0.6) is 0 Å². The van der Waals surface area contributed by atoms with E-state index in [2.05, 4.69) is 36.2 Å². The van der Waals surface area contributed by atoms with Crippen LogP contribution in [0.4, 0.5) is 5.82 Å². The second-order valence-electron chi connectivity index (χ2n) is 6.70. The van der Waals surface area contributed by atoms with E-state index in [0.29, 0.717) is 0 Å². The van der Waals surface area contributed by atoms with Gasteiger partial charge in [-0.3, -0.25) is 0 Å². The molecule has 1 saturated heterocycles. The lowest BCUT2D eigenvalue weighted by Crippen LogP contribution is -2.47. The van der Waals surface area contributed by atoms with Crippen molar-refractivity contribution in [2.24, 2.45) is 5.92 Å². The van der Waals surface area contributed by atoms with Crippen LogP contribution in [0.15, 0.2) is 12.1 Å². The van der Waals surface area contributed by atoms with Crippen LogP contribution < -0.4 is 10.2 Å². The largest absolute Gasteiger partial charge is 0.353 e. The van der Waals surface area contributed by atoms with Gasteiger partial charge in [0.2, 0.25) is 0 Å². The maximum atomic E-state index is 4.85. The Morgan fingerprint density at radius 3 is 2.86 bits per heavy atom. The third-order valence-corrected chi connectivity index (χ3v) is 5.12. The van der Waals surface area contributed by atoms with Crippen molar-refractivity contribution in [3.8, 4) is 0 Å². The Morgan fingerprint density at radius 1 is 1.19 bits per heavy atom. The standard InChI is InChI=1S/C18H29N3/c1-3-19-13-15-11-14(2)20-18(12-15)21-10-6-8-16-7-4-5-9-17(16)21/h11-12,16-17,19H,3-10,13H2,1-2H3. The molecule has 2 heterocycles. The Bertz CT molecular complexity index is 470. The van der Waals surface area contributed by atoms with Gasteiger partial charge in [0.05, 0.1) is 0 Å². The summed E-state index contributed by atoms with van der Waals surface area (Å²) >= 11 is 0. The van der Waals surface area contributed by atoms with E-state index in [1.165, 1.54) is 56.5 Å². The molecule has 1 N–H and O–H groups in total. The molecule has 1 aliphatic carbocycles. The zero-order chi connectivity index (χ0) is 14.7. The van der Waals surface area contributed by atoms with E-state index >= 15 is 0 Å². The monoisotopic (exact) mass is 287 g/mol. The molecule has 0 amide bonds. The number of pyridine rings is 1. The molecule has 1 aliphatic heterocycles. The van der Waals surface area contributed by atoms with Gasteiger partial charge in [-0.25, -0.2) is 4.98 Å². The van der Waals surface area contributed by atoms with Gasteiger partial charge in [-0.1, -0.05) is 19.8 Å². The maximum Gasteiger partial charge on any atom is 0.129 e. The van der Waals surface area contributed by atoms with E-state index in [0.717, 1.165) is 30.7 Å². The van der Waals surface area contributed by atoms with E-state index < -0.39 is 0 Å². The van der Waals surface area contributed by atoms with Gasteiger partial charge in [0.15, 0.2) is 0 Å². The minimum atomic E-state index is 0.744. The van der Waals surface area contributed by atoms with E-state index in [1.807, 2.05) is 0 Å². The maximum absolute atomic E-state index is 4.85. The first-order chi connectivity index (χ1) is 10.3. The van der Waals surface area contributed by atoms with Gasteiger partial charge >= 0.3 is 0 Å². The molecular formula is C18H29N3. The highest BCUT2D eigenvalue weighted by atomic mass is 15.2. The number of aryl methyl sites for hydroxylation is 1. The molecule has 3 heteroatoms. The second-order valence-corrected chi connectivity index (χ2v) is 6.70. The molecule has 0 bridgehead atoms. The van der Waals surface area contributed by atoms with Gasteiger partial charge in [-0.15, -0.1) is 0 Å². The van der Waals surface area contributed by atoms with Crippen LogP contribution in [0.25, 0.3) is 0 Å². The molecule has 2 unspecified atom stereocenters. The average Bonchev–Trinajstić information content (AvgIpc) is 2.52. The average molecular weight is 287 g/mol. The number of aromatic nitrogens is 1. The first-order valence-electron chi connectivity index (χ1n) is 8.73. The van der Waals surface area contributed by atoms with Crippen molar-refractivity contribution in [3.63, 3.8) is 0 Å². The molecule has 3 rings (SSSR count). The predicted molar refractivity (Wildman–Crippen MR) is 88.7 cm³/mol. The van der Waals surface area contributed by atoms with Crippen molar-refractivity contribution >= 4 is 5.82 Å². The Labute approximate surface area is 129 Å². The Morgan fingerprint density at radius 2 is 2.00 bits per heavy atom. The summed E-state index contributed by atoms with van der Waals surface area (Å²) in [5.74, 6) is 2.13. The lowest BCUT2D eigenvalue weighted by Gasteiger charge is -2.45. The highest BCUT2D eigenvalue weighted by molar-refractivity contribution is 5.44. The number of hydrogen-bond acceptors (Lipinski definition) is 3. The molecule has 3 nitrogen and oxygen atoms in total. The van der Waals surface area contributed by atoms with E-state index in [4.69, 9.17) is 4.98 Å². The molecule has 2 fully saturated rings. The summed E-state index contributed by atoms with van der Waals surface area (Å²) in [5.41, 5.74) is 2.52. The summed E-state index contributed by atoms with van der Waals surface area (Å²) in [4.78, 5) is 7.48. The summed E-state index contributed by atoms with van der Waals surface area (Å²) in [5, 5.41) is 3.43. The summed E-state index contributed by atoms with van der Waals surface area (Å²) in [6.07, 6.45) is 8.38. The van der Waals surface area contributed by atoms with Gasteiger partial charge in [0.25, 0.3) is 0 Å². The van der Waals surface area contributed by atoms with Gasteiger partial charge in [-0.2, -0.15) is 0 Å². The van der Waals surface area contributed by atoms with Crippen molar-refractivity contribution in [2.75, 3.05) is 18.0 Å². The third-order valence-electron chi connectivity index (χ3n) is 5.12. The van der Waals surface area contributed by atoms with Crippen molar-refractivity contribution in [2.45, 2.75) is 65.0 Å². The Balaban J connectivity index is 1.82. The van der Waals surface area contributed by atoms with Crippen LogP contribution in [0, 0.1) is 12.8 Å². The number of nitrogens with zero attached hydrogens (tertiary/aromatic N) is 2. The van der Waals surface area contributed by atoms with E-state index in [1.54, 1.807) is 0 Å². The number of piperidine rings is 1. The van der Waals surface area contributed by atoms with Crippen LogP contribution in [-0.4, -0.2) is 24.1 Å². The van der Waals surface area contributed by atoms with Crippen molar-refractivity contribution in [1.29, 1.82) is 0 Å². The van der Waals surface area contributed by atoms with E-state index in [-0.39, 0.29) is 0 Å². The fourth-order valence-corrected chi connectivity index (χ4v) is 4.15. The minimum absolute atomic E-state index is 0.744. The molecule has 1 aromatic heterocycles. The number of hydrogen-bond donors (Lipinski definition) is 1. The SMILES string of the molecule is CCNCc1cc(C)nc(N2CCCC3CCCCC32)c1. The smallest absolute Gasteiger partial charge is 0.129 e. The molecule has 2 atom stereocenters. The molecule has 2 aliphatic rings. The number of anilines is 1. The molecule has 1 aromatic rings. The lowest BCUT2D eigenvalue weighted by atomic mass is 9.78. The molecule has 116 valence electrons. The first-order valence-corrected chi connectivity index (χ1v) is 8.73.